The Morgan fingerprint density at radius 1 is 1.53 bits per heavy atom. The standard InChI is InChI=1S/C8H14FN3O4S/c1-17(15,16)11-3-7(13)12-4-5(9)2-6(12)8(10)14/h5-6,11H,2-4H2,1H3,(H2,10,14)/t5-,6?/m1/s1. The normalized spacial score (nSPS) is 24.9. The third kappa shape index (κ3) is 3.93. The van der Waals surface area contributed by atoms with Gasteiger partial charge in [-0.3, -0.25) is 9.59 Å². The zero-order chi connectivity index (χ0) is 13.2. The molecule has 0 aliphatic carbocycles. The van der Waals surface area contributed by atoms with Crippen LogP contribution >= 0.6 is 0 Å². The maximum absolute atomic E-state index is 13.1. The van der Waals surface area contributed by atoms with E-state index in [2.05, 4.69) is 0 Å². The first-order valence-electron chi connectivity index (χ1n) is 4.88. The number of nitrogens with two attached hydrogens (primary N) is 1. The van der Waals surface area contributed by atoms with E-state index >= 15 is 0 Å². The van der Waals surface area contributed by atoms with Crippen molar-refractivity contribution in [1.82, 2.24) is 9.62 Å². The molecule has 1 saturated heterocycles. The summed E-state index contributed by atoms with van der Waals surface area (Å²) in [6, 6.07) is -1.00. The monoisotopic (exact) mass is 267 g/mol. The van der Waals surface area contributed by atoms with Gasteiger partial charge in [-0.15, -0.1) is 0 Å². The van der Waals surface area contributed by atoms with Crippen molar-refractivity contribution in [3.63, 3.8) is 0 Å². The van der Waals surface area contributed by atoms with Gasteiger partial charge in [0.15, 0.2) is 0 Å². The van der Waals surface area contributed by atoms with Crippen molar-refractivity contribution < 1.29 is 22.4 Å². The van der Waals surface area contributed by atoms with Crippen molar-refractivity contribution in [2.75, 3.05) is 19.3 Å². The van der Waals surface area contributed by atoms with E-state index < -0.39 is 40.6 Å². The largest absolute Gasteiger partial charge is 0.368 e. The molecular weight excluding hydrogens is 253 g/mol. The van der Waals surface area contributed by atoms with Crippen LogP contribution in [-0.2, 0) is 19.6 Å². The van der Waals surface area contributed by atoms with E-state index in [-0.39, 0.29) is 13.0 Å². The molecule has 9 heteroatoms. The Kier molecular flexibility index (Phi) is 4.04. The number of alkyl halides is 1. The van der Waals surface area contributed by atoms with Gasteiger partial charge in [-0.05, 0) is 0 Å². The van der Waals surface area contributed by atoms with E-state index in [0.29, 0.717) is 0 Å². The molecule has 0 bridgehead atoms. The van der Waals surface area contributed by atoms with Crippen LogP contribution in [0.1, 0.15) is 6.42 Å². The van der Waals surface area contributed by atoms with Crippen LogP contribution in [0, 0.1) is 0 Å². The molecule has 1 aliphatic heterocycles. The maximum atomic E-state index is 13.1. The summed E-state index contributed by atoms with van der Waals surface area (Å²) in [5.41, 5.74) is 5.03. The Morgan fingerprint density at radius 2 is 2.12 bits per heavy atom. The molecule has 1 fully saturated rings. The number of nitrogens with one attached hydrogen (secondary N) is 1. The van der Waals surface area contributed by atoms with Crippen LogP contribution in [0.5, 0.6) is 0 Å². The molecule has 0 saturated carbocycles. The SMILES string of the molecule is CS(=O)(=O)NCC(=O)N1C[C@H](F)CC1C(N)=O. The maximum Gasteiger partial charge on any atom is 0.240 e. The first-order chi connectivity index (χ1) is 7.70. The van der Waals surface area contributed by atoms with Gasteiger partial charge in [-0.2, -0.15) is 0 Å². The number of halogens is 1. The van der Waals surface area contributed by atoms with Gasteiger partial charge in [0.05, 0.1) is 19.3 Å². The number of hydrogen-bond acceptors (Lipinski definition) is 4. The van der Waals surface area contributed by atoms with Crippen LogP contribution in [0.15, 0.2) is 0 Å². The van der Waals surface area contributed by atoms with Crippen LogP contribution in [-0.4, -0.2) is 56.7 Å². The summed E-state index contributed by atoms with van der Waals surface area (Å²) in [4.78, 5) is 23.5. The van der Waals surface area contributed by atoms with E-state index in [9.17, 15) is 22.4 Å². The van der Waals surface area contributed by atoms with Crippen molar-refractivity contribution in [2.24, 2.45) is 5.73 Å². The molecule has 0 aromatic rings. The zero-order valence-corrected chi connectivity index (χ0v) is 10.0. The van der Waals surface area contributed by atoms with Crippen LogP contribution in [0.25, 0.3) is 0 Å². The molecule has 1 aliphatic rings. The molecular formula is C8H14FN3O4S. The Hall–Kier alpha value is -1.22. The first-order valence-corrected chi connectivity index (χ1v) is 6.77. The van der Waals surface area contributed by atoms with Crippen molar-refractivity contribution in [2.45, 2.75) is 18.6 Å². The highest BCUT2D eigenvalue weighted by Gasteiger charge is 2.38. The predicted molar refractivity (Wildman–Crippen MR) is 57.1 cm³/mol. The minimum absolute atomic E-state index is 0.139. The number of hydrogen-bond donors (Lipinski definition) is 2. The topological polar surface area (TPSA) is 110 Å². The molecule has 7 nitrogen and oxygen atoms in total. The van der Waals surface area contributed by atoms with Gasteiger partial charge in [-0.1, -0.05) is 0 Å². The smallest absolute Gasteiger partial charge is 0.240 e. The summed E-state index contributed by atoms with van der Waals surface area (Å²) in [5.74, 6) is -1.46. The number of amides is 2. The quantitative estimate of drug-likeness (QED) is 0.611. The summed E-state index contributed by atoms with van der Waals surface area (Å²) in [6.45, 7) is -0.743. The molecule has 98 valence electrons. The lowest BCUT2D eigenvalue weighted by molar-refractivity contribution is -0.136. The number of carbonyl (C=O) groups excluding carboxylic acids is 2. The Bertz CT molecular complexity index is 424. The van der Waals surface area contributed by atoms with Crippen LogP contribution in [0.2, 0.25) is 0 Å². The number of nitrogens with zero attached hydrogens (tertiary/aromatic N) is 1. The molecule has 0 spiro atoms. The number of likely N-dealkylation sites (tertiary alicyclic amines) is 1. The van der Waals surface area contributed by atoms with Crippen LogP contribution in [0.4, 0.5) is 4.39 Å². The van der Waals surface area contributed by atoms with E-state index in [1.54, 1.807) is 0 Å². The van der Waals surface area contributed by atoms with E-state index in [1.807, 2.05) is 4.72 Å². The minimum Gasteiger partial charge on any atom is -0.368 e. The summed E-state index contributed by atoms with van der Waals surface area (Å²) in [5, 5.41) is 0. The minimum atomic E-state index is -3.51. The number of sulfonamides is 1. The second-order valence-corrected chi connectivity index (χ2v) is 5.72. The van der Waals surface area contributed by atoms with Crippen molar-refractivity contribution >= 4 is 21.8 Å². The Labute approximate surface area is 98.2 Å². The highest BCUT2D eigenvalue weighted by molar-refractivity contribution is 7.88. The average Bonchev–Trinajstić information content (AvgIpc) is 2.55. The Morgan fingerprint density at radius 3 is 2.59 bits per heavy atom. The summed E-state index contributed by atoms with van der Waals surface area (Å²) in [7, 11) is -3.51. The van der Waals surface area contributed by atoms with Gasteiger partial charge >= 0.3 is 0 Å². The molecule has 0 aromatic heterocycles. The molecule has 3 N–H and O–H groups in total. The molecule has 2 amide bonds. The average molecular weight is 267 g/mol. The molecule has 0 aromatic carbocycles. The van der Waals surface area contributed by atoms with Crippen LogP contribution < -0.4 is 10.5 Å². The molecule has 1 heterocycles. The number of carbonyl (C=O) groups is 2. The Balaban J connectivity index is 2.65. The molecule has 1 unspecified atom stereocenters. The van der Waals surface area contributed by atoms with E-state index in [0.717, 1.165) is 11.2 Å². The third-order valence-corrected chi connectivity index (χ3v) is 3.05. The van der Waals surface area contributed by atoms with Crippen molar-refractivity contribution in [3.8, 4) is 0 Å². The van der Waals surface area contributed by atoms with Gasteiger partial charge in [-0.25, -0.2) is 17.5 Å². The highest BCUT2D eigenvalue weighted by Crippen LogP contribution is 2.20. The summed E-state index contributed by atoms with van der Waals surface area (Å²) in [6.07, 6.45) is -0.553. The van der Waals surface area contributed by atoms with Gasteiger partial charge in [0.25, 0.3) is 0 Å². The fraction of sp³-hybridized carbons (Fsp3) is 0.750. The summed E-state index contributed by atoms with van der Waals surface area (Å²) >= 11 is 0. The lowest BCUT2D eigenvalue weighted by Gasteiger charge is -2.21. The van der Waals surface area contributed by atoms with E-state index in [4.69, 9.17) is 5.73 Å². The lowest BCUT2D eigenvalue weighted by atomic mass is 10.2. The van der Waals surface area contributed by atoms with Crippen molar-refractivity contribution in [3.05, 3.63) is 0 Å². The second kappa shape index (κ2) is 4.96. The van der Waals surface area contributed by atoms with E-state index in [1.165, 1.54) is 0 Å². The van der Waals surface area contributed by atoms with Gasteiger partial charge in [0.1, 0.15) is 12.2 Å². The van der Waals surface area contributed by atoms with Gasteiger partial charge in [0, 0.05) is 6.42 Å². The van der Waals surface area contributed by atoms with Crippen LogP contribution in [0.3, 0.4) is 0 Å². The predicted octanol–water partition coefficient (Wildman–Crippen LogP) is -2.04. The second-order valence-electron chi connectivity index (χ2n) is 3.89. The third-order valence-electron chi connectivity index (χ3n) is 2.38. The zero-order valence-electron chi connectivity index (χ0n) is 9.22. The van der Waals surface area contributed by atoms with Crippen molar-refractivity contribution in [1.29, 1.82) is 0 Å². The molecule has 0 radical (unpaired) electrons. The lowest BCUT2D eigenvalue weighted by Crippen LogP contribution is -2.47. The fourth-order valence-corrected chi connectivity index (χ4v) is 2.01. The fourth-order valence-electron chi connectivity index (χ4n) is 1.62. The first kappa shape index (κ1) is 13.8. The molecule has 17 heavy (non-hydrogen) atoms. The van der Waals surface area contributed by atoms with Gasteiger partial charge < -0.3 is 10.6 Å². The summed E-state index contributed by atoms with van der Waals surface area (Å²) < 4.78 is 36.6. The number of primary amides is 1. The molecule has 1 rings (SSSR count). The highest BCUT2D eigenvalue weighted by atomic mass is 32.2. The number of rotatable bonds is 4. The molecule has 2 atom stereocenters. The van der Waals surface area contributed by atoms with Gasteiger partial charge in [0.2, 0.25) is 21.8 Å².